The summed E-state index contributed by atoms with van der Waals surface area (Å²) in [4.78, 5) is 0. The molecular formula is C11H14FNO2. The summed E-state index contributed by atoms with van der Waals surface area (Å²) < 4.78 is 23.4. The van der Waals surface area contributed by atoms with E-state index in [0.29, 0.717) is 12.4 Å². The Balaban J connectivity index is 1.80. The van der Waals surface area contributed by atoms with Gasteiger partial charge in [0, 0.05) is 0 Å². The number of halogens is 1. The summed E-state index contributed by atoms with van der Waals surface area (Å²) in [6.45, 7) is 0.472. The molecule has 82 valence electrons. The van der Waals surface area contributed by atoms with Crippen LogP contribution < -0.4 is 10.5 Å². The second-order valence-electron chi connectivity index (χ2n) is 3.64. The fraction of sp³-hybridized carbons (Fsp3) is 0.455. The van der Waals surface area contributed by atoms with E-state index in [1.54, 1.807) is 12.1 Å². The van der Waals surface area contributed by atoms with Gasteiger partial charge in [0.15, 0.2) is 0 Å². The molecule has 1 heterocycles. The lowest BCUT2D eigenvalue weighted by Gasteiger charge is -2.12. The van der Waals surface area contributed by atoms with Gasteiger partial charge in [-0.25, -0.2) is 4.39 Å². The zero-order valence-electron chi connectivity index (χ0n) is 8.36. The van der Waals surface area contributed by atoms with Crippen molar-refractivity contribution in [2.45, 2.75) is 25.2 Å². The number of benzene rings is 1. The minimum atomic E-state index is -0.263. The van der Waals surface area contributed by atoms with E-state index in [-0.39, 0.29) is 18.1 Å². The molecule has 1 aromatic carbocycles. The Labute approximate surface area is 88.0 Å². The molecule has 2 atom stereocenters. The molecule has 15 heavy (non-hydrogen) atoms. The number of nitrogens with two attached hydrogens (primary N) is 1. The summed E-state index contributed by atoms with van der Waals surface area (Å²) in [7, 11) is 0. The first-order chi connectivity index (χ1) is 7.24. The fourth-order valence-electron chi connectivity index (χ4n) is 1.58. The van der Waals surface area contributed by atoms with Crippen molar-refractivity contribution in [3.05, 3.63) is 30.1 Å². The molecule has 1 fully saturated rings. The van der Waals surface area contributed by atoms with Crippen LogP contribution >= 0.6 is 0 Å². The van der Waals surface area contributed by atoms with E-state index in [1.807, 2.05) is 0 Å². The third kappa shape index (κ3) is 2.91. The maximum atomic E-state index is 12.6. The zero-order valence-corrected chi connectivity index (χ0v) is 8.36. The molecule has 3 nitrogen and oxygen atoms in total. The molecule has 0 spiro atoms. The monoisotopic (exact) mass is 211 g/mol. The van der Waals surface area contributed by atoms with E-state index in [0.717, 1.165) is 12.8 Å². The van der Waals surface area contributed by atoms with Gasteiger partial charge in [0.2, 0.25) is 0 Å². The van der Waals surface area contributed by atoms with E-state index in [2.05, 4.69) is 0 Å². The van der Waals surface area contributed by atoms with Crippen LogP contribution in [0.15, 0.2) is 24.3 Å². The van der Waals surface area contributed by atoms with Crippen LogP contribution in [0.3, 0.4) is 0 Å². The van der Waals surface area contributed by atoms with Crippen molar-refractivity contribution in [2.24, 2.45) is 5.73 Å². The summed E-state index contributed by atoms with van der Waals surface area (Å²) in [6.07, 6.45) is 1.69. The van der Waals surface area contributed by atoms with Crippen LogP contribution in [-0.4, -0.2) is 18.9 Å². The first-order valence-electron chi connectivity index (χ1n) is 5.03. The van der Waals surface area contributed by atoms with Gasteiger partial charge in [-0.05, 0) is 37.1 Å². The van der Waals surface area contributed by atoms with Gasteiger partial charge in [0.05, 0.1) is 6.10 Å². The van der Waals surface area contributed by atoms with Gasteiger partial charge in [-0.15, -0.1) is 0 Å². The highest BCUT2D eigenvalue weighted by Gasteiger charge is 2.22. The highest BCUT2D eigenvalue weighted by Crippen LogP contribution is 2.18. The lowest BCUT2D eigenvalue weighted by atomic mass is 10.2. The zero-order chi connectivity index (χ0) is 10.7. The number of rotatable bonds is 3. The molecule has 0 radical (unpaired) electrons. The molecule has 0 aromatic heterocycles. The van der Waals surface area contributed by atoms with Crippen molar-refractivity contribution in [1.82, 2.24) is 0 Å². The fourth-order valence-corrected chi connectivity index (χ4v) is 1.58. The van der Waals surface area contributed by atoms with E-state index in [4.69, 9.17) is 15.2 Å². The maximum absolute atomic E-state index is 12.6. The molecule has 2 N–H and O–H groups in total. The van der Waals surface area contributed by atoms with Gasteiger partial charge in [-0.1, -0.05) is 0 Å². The predicted octanol–water partition coefficient (Wildman–Crippen LogP) is 1.67. The molecule has 4 heteroatoms. The lowest BCUT2D eigenvalue weighted by Crippen LogP contribution is -2.23. The quantitative estimate of drug-likeness (QED) is 0.827. The van der Waals surface area contributed by atoms with Crippen molar-refractivity contribution in [3.63, 3.8) is 0 Å². The van der Waals surface area contributed by atoms with Crippen molar-refractivity contribution in [1.29, 1.82) is 0 Å². The topological polar surface area (TPSA) is 44.5 Å². The van der Waals surface area contributed by atoms with Crippen LogP contribution in [0.4, 0.5) is 4.39 Å². The second-order valence-corrected chi connectivity index (χ2v) is 3.64. The second kappa shape index (κ2) is 4.59. The number of hydrogen-bond acceptors (Lipinski definition) is 3. The molecule has 1 saturated heterocycles. The number of hydrogen-bond donors (Lipinski definition) is 1. The van der Waals surface area contributed by atoms with E-state index in [9.17, 15) is 4.39 Å². The van der Waals surface area contributed by atoms with E-state index >= 15 is 0 Å². The normalized spacial score (nSPS) is 25.5. The average Bonchev–Trinajstić information content (AvgIpc) is 2.64. The van der Waals surface area contributed by atoms with E-state index in [1.165, 1.54) is 12.1 Å². The van der Waals surface area contributed by atoms with Gasteiger partial charge < -0.3 is 15.2 Å². The van der Waals surface area contributed by atoms with Gasteiger partial charge in [-0.3, -0.25) is 0 Å². The van der Waals surface area contributed by atoms with Crippen LogP contribution in [0, 0.1) is 5.82 Å². The van der Waals surface area contributed by atoms with Crippen LogP contribution in [0.2, 0.25) is 0 Å². The molecule has 2 rings (SSSR count). The minimum Gasteiger partial charge on any atom is -0.491 e. The summed E-state index contributed by atoms with van der Waals surface area (Å²) in [5.41, 5.74) is 5.59. The third-order valence-corrected chi connectivity index (χ3v) is 2.39. The summed E-state index contributed by atoms with van der Waals surface area (Å²) in [5.74, 6) is 0.391. The Morgan fingerprint density at radius 1 is 1.33 bits per heavy atom. The van der Waals surface area contributed by atoms with Crippen LogP contribution in [0.1, 0.15) is 12.8 Å². The van der Waals surface area contributed by atoms with Crippen LogP contribution in [0.25, 0.3) is 0 Å². The van der Waals surface area contributed by atoms with Gasteiger partial charge in [0.25, 0.3) is 0 Å². The number of ether oxygens (including phenoxy) is 2. The Hall–Kier alpha value is -1.13. The average molecular weight is 211 g/mol. The SMILES string of the molecule is NC1CC[C@H](COc2ccc(F)cc2)O1. The molecule has 0 bridgehead atoms. The molecule has 1 aliphatic heterocycles. The molecule has 0 saturated carbocycles. The Morgan fingerprint density at radius 2 is 2.07 bits per heavy atom. The molecular weight excluding hydrogens is 197 g/mol. The van der Waals surface area contributed by atoms with Crippen LogP contribution in [-0.2, 0) is 4.74 Å². The van der Waals surface area contributed by atoms with Gasteiger partial charge >= 0.3 is 0 Å². The highest BCUT2D eigenvalue weighted by atomic mass is 19.1. The van der Waals surface area contributed by atoms with Crippen molar-refractivity contribution in [3.8, 4) is 5.75 Å². The molecule has 0 aliphatic carbocycles. The summed E-state index contributed by atoms with van der Waals surface area (Å²) in [6, 6.07) is 5.95. The van der Waals surface area contributed by atoms with Crippen molar-refractivity contribution in [2.75, 3.05) is 6.61 Å². The van der Waals surface area contributed by atoms with Crippen molar-refractivity contribution >= 4 is 0 Å². The Morgan fingerprint density at radius 3 is 2.67 bits per heavy atom. The lowest BCUT2D eigenvalue weighted by molar-refractivity contribution is 0.0211. The molecule has 0 amide bonds. The summed E-state index contributed by atoms with van der Waals surface area (Å²) >= 11 is 0. The maximum Gasteiger partial charge on any atom is 0.123 e. The smallest absolute Gasteiger partial charge is 0.123 e. The third-order valence-electron chi connectivity index (χ3n) is 2.39. The molecule has 1 aliphatic rings. The molecule has 1 aromatic rings. The van der Waals surface area contributed by atoms with Gasteiger partial charge in [-0.2, -0.15) is 0 Å². The first-order valence-corrected chi connectivity index (χ1v) is 5.03. The van der Waals surface area contributed by atoms with Crippen LogP contribution in [0.5, 0.6) is 5.75 Å². The van der Waals surface area contributed by atoms with E-state index < -0.39 is 0 Å². The Kier molecular flexibility index (Phi) is 3.18. The summed E-state index contributed by atoms with van der Waals surface area (Å²) in [5, 5.41) is 0. The highest BCUT2D eigenvalue weighted by molar-refractivity contribution is 5.22. The first kappa shape index (κ1) is 10.4. The molecule has 1 unspecified atom stereocenters. The van der Waals surface area contributed by atoms with Gasteiger partial charge in [0.1, 0.15) is 24.4 Å². The van der Waals surface area contributed by atoms with Crippen molar-refractivity contribution < 1.29 is 13.9 Å². The predicted molar refractivity (Wildman–Crippen MR) is 54.0 cm³/mol. The Bertz CT molecular complexity index is 315. The largest absolute Gasteiger partial charge is 0.491 e. The minimum absolute atomic E-state index is 0.0602. The standard InChI is InChI=1S/C11H14FNO2/c12-8-1-3-9(4-2-8)14-7-10-5-6-11(13)15-10/h1-4,10-11H,5-7,13H2/t10-,11?/m1/s1.